The third kappa shape index (κ3) is 3.03. The van der Waals surface area contributed by atoms with E-state index in [9.17, 15) is 4.79 Å². The molecule has 4 rings (SSSR count). The van der Waals surface area contributed by atoms with Crippen LogP contribution in [0.1, 0.15) is 51.2 Å². The van der Waals surface area contributed by atoms with E-state index in [1.54, 1.807) is 11.3 Å². The number of halogens is 1. The number of aryl methyl sites for hydroxylation is 2. The van der Waals surface area contributed by atoms with E-state index in [1.165, 1.54) is 4.70 Å². The number of benzene rings is 1. The van der Waals surface area contributed by atoms with Crippen LogP contribution in [0.15, 0.2) is 22.6 Å². The lowest BCUT2D eigenvalue weighted by atomic mass is 9.96. The van der Waals surface area contributed by atoms with Crippen molar-refractivity contribution in [3.8, 4) is 0 Å². The zero-order chi connectivity index (χ0) is 18.4. The van der Waals surface area contributed by atoms with E-state index in [1.807, 2.05) is 43.9 Å². The van der Waals surface area contributed by atoms with Gasteiger partial charge in [0.2, 0.25) is 0 Å². The van der Waals surface area contributed by atoms with Crippen molar-refractivity contribution < 1.29 is 9.21 Å². The van der Waals surface area contributed by atoms with E-state index in [0.717, 1.165) is 64.1 Å². The summed E-state index contributed by atoms with van der Waals surface area (Å²) in [6, 6.07) is 5.86. The van der Waals surface area contributed by atoms with Crippen LogP contribution in [0, 0.1) is 20.8 Å². The summed E-state index contributed by atoms with van der Waals surface area (Å²) in [6.07, 6.45) is 1.88. The van der Waals surface area contributed by atoms with Gasteiger partial charge in [-0.1, -0.05) is 11.6 Å². The normalized spacial score (nSPS) is 15.8. The molecule has 1 fully saturated rings. The minimum atomic E-state index is 0.0892. The smallest absolute Gasteiger partial charge is 0.257 e. The van der Waals surface area contributed by atoms with Gasteiger partial charge in [0.25, 0.3) is 5.91 Å². The first-order valence-corrected chi connectivity index (χ1v) is 10.1. The van der Waals surface area contributed by atoms with Crippen LogP contribution in [0.5, 0.6) is 0 Å². The Bertz CT molecular complexity index is 983. The number of likely N-dealkylation sites (tertiary alicyclic amines) is 1. The van der Waals surface area contributed by atoms with Crippen LogP contribution in [0.2, 0.25) is 5.02 Å². The summed E-state index contributed by atoms with van der Waals surface area (Å²) >= 11 is 7.80. The summed E-state index contributed by atoms with van der Waals surface area (Å²) in [5.41, 5.74) is 2.66. The third-order valence-corrected chi connectivity index (χ3v) is 6.71. The molecular formula is C20H21ClN2O2S. The topological polar surface area (TPSA) is 46.3 Å². The summed E-state index contributed by atoms with van der Waals surface area (Å²) in [4.78, 5) is 19.6. The number of hydrogen-bond donors (Lipinski definition) is 0. The average Bonchev–Trinajstić information content (AvgIpc) is 3.15. The number of aromatic nitrogens is 1. The Kier molecular flexibility index (Phi) is 4.53. The molecule has 1 aliphatic rings. The van der Waals surface area contributed by atoms with Crippen LogP contribution in [0.3, 0.4) is 0 Å². The molecule has 4 nitrogen and oxygen atoms in total. The largest absolute Gasteiger partial charge is 0.466 e. The number of fused-ring (bicyclic) bond motifs is 1. The quantitative estimate of drug-likeness (QED) is 0.583. The van der Waals surface area contributed by atoms with E-state index in [2.05, 4.69) is 0 Å². The summed E-state index contributed by atoms with van der Waals surface area (Å²) in [7, 11) is 0. The Hall–Kier alpha value is -1.85. The van der Waals surface area contributed by atoms with Gasteiger partial charge in [0, 0.05) is 29.6 Å². The monoisotopic (exact) mass is 388 g/mol. The standard InChI is InChI=1S/C20H21ClN2O2S/c1-11-12(2)25-13(3)18(11)20(24)23-8-6-14(7-9-23)19-22-16-10-15(21)4-5-17(16)26-19/h4-5,10,14H,6-9H2,1-3H3. The minimum Gasteiger partial charge on any atom is -0.466 e. The summed E-state index contributed by atoms with van der Waals surface area (Å²) in [6.45, 7) is 7.24. The fourth-order valence-corrected chi connectivity index (χ4v) is 4.97. The van der Waals surface area contributed by atoms with Gasteiger partial charge in [0.05, 0.1) is 20.8 Å². The van der Waals surface area contributed by atoms with Crippen molar-refractivity contribution in [2.45, 2.75) is 39.5 Å². The predicted molar refractivity (Wildman–Crippen MR) is 105 cm³/mol. The lowest BCUT2D eigenvalue weighted by Crippen LogP contribution is -2.38. The van der Waals surface area contributed by atoms with Crippen molar-refractivity contribution in [1.82, 2.24) is 9.88 Å². The van der Waals surface area contributed by atoms with E-state index in [4.69, 9.17) is 21.0 Å². The second kappa shape index (κ2) is 6.71. The van der Waals surface area contributed by atoms with Crippen molar-refractivity contribution in [1.29, 1.82) is 0 Å². The van der Waals surface area contributed by atoms with Crippen LogP contribution in [0.4, 0.5) is 0 Å². The van der Waals surface area contributed by atoms with Crippen LogP contribution < -0.4 is 0 Å². The number of piperidine rings is 1. The molecule has 26 heavy (non-hydrogen) atoms. The van der Waals surface area contributed by atoms with Gasteiger partial charge in [0.15, 0.2) is 0 Å². The first-order valence-electron chi connectivity index (χ1n) is 8.86. The molecule has 1 aromatic carbocycles. The third-order valence-electron chi connectivity index (χ3n) is 5.27. The Balaban J connectivity index is 1.48. The maximum atomic E-state index is 12.9. The Morgan fingerprint density at radius 1 is 1.23 bits per heavy atom. The number of carbonyl (C=O) groups excluding carboxylic acids is 1. The number of nitrogens with zero attached hydrogens (tertiary/aromatic N) is 2. The van der Waals surface area contributed by atoms with Crippen molar-refractivity contribution in [2.24, 2.45) is 0 Å². The molecule has 2 aromatic heterocycles. The molecular weight excluding hydrogens is 368 g/mol. The highest BCUT2D eigenvalue weighted by atomic mass is 35.5. The lowest BCUT2D eigenvalue weighted by Gasteiger charge is -2.31. The molecule has 0 saturated carbocycles. The van der Waals surface area contributed by atoms with Gasteiger partial charge in [-0.3, -0.25) is 4.79 Å². The molecule has 1 saturated heterocycles. The summed E-state index contributed by atoms with van der Waals surface area (Å²) in [5.74, 6) is 2.04. The van der Waals surface area contributed by atoms with Crippen molar-refractivity contribution in [3.05, 3.63) is 50.9 Å². The molecule has 0 N–H and O–H groups in total. The zero-order valence-corrected chi connectivity index (χ0v) is 16.7. The molecule has 6 heteroatoms. The lowest BCUT2D eigenvalue weighted by molar-refractivity contribution is 0.0710. The van der Waals surface area contributed by atoms with Crippen molar-refractivity contribution in [2.75, 3.05) is 13.1 Å². The number of rotatable bonds is 2. The number of furan rings is 1. The number of carbonyl (C=O) groups is 1. The van der Waals surface area contributed by atoms with Crippen molar-refractivity contribution in [3.63, 3.8) is 0 Å². The fraction of sp³-hybridized carbons (Fsp3) is 0.400. The van der Waals surface area contributed by atoms with Crippen LogP contribution >= 0.6 is 22.9 Å². The van der Waals surface area contributed by atoms with Gasteiger partial charge < -0.3 is 9.32 Å². The molecule has 0 aliphatic carbocycles. The molecule has 1 amide bonds. The zero-order valence-electron chi connectivity index (χ0n) is 15.1. The Morgan fingerprint density at radius 2 is 1.96 bits per heavy atom. The second-order valence-corrected chi connectivity index (χ2v) is 8.44. The SMILES string of the molecule is Cc1oc(C)c(C(=O)N2CCC(c3nc4cc(Cl)ccc4s3)CC2)c1C. The maximum absolute atomic E-state index is 12.9. The van der Waals surface area contributed by atoms with E-state index in [0.29, 0.717) is 5.92 Å². The molecule has 3 aromatic rings. The molecule has 0 atom stereocenters. The minimum absolute atomic E-state index is 0.0892. The number of hydrogen-bond acceptors (Lipinski definition) is 4. The van der Waals surface area contributed by atoms with Gasteiger partial charge in [-0.2, -0.15) is 0 Å². The Labute approximate surface area is 161 Å². The number of thiazole rings is 1. The van der Waals surface area contributed by atoms with Gasteiger partial charge >= 0.3 is 0 Å². The highest BCUT2D eigenvalue weighted by molar-refractivity contribution is 7.18. The molecule has 0 unspecified atom stereocenters. The van der Waals surface area contributed by atoms with Crippen LogP contribution in [-0.2, 0) is 0 Å². The molecule has 0 spiro atoms. The highest BCUT2D eigenvalue weighted by Gasteiger charge is 2.29. The van der Waals surface area contributed by atoms with E-state index in [-0.39, 0.29) is 5.91 Å². The van der Waals surface area contributed by atoms with Gasteiger partial charge in [-0.25, -0.2) is 4.98 Å². The predicted octanol–water partition coefficient (Wildman–Crippen LogP) is 5.49. The molecule has 3 heterocycles. The van der Waals surface area contributed by atoms with Crippen LogP contribution in [0.25, 0.3) is 10.2 Å². The van der Waals surface area contributed by atoms with E-state index >= 15 is 0 Å². The fourth-order valence-electron chi connectivity index (χ4n) is 3.69. The van der Waals surface area contributed by atoms with Gasteiger partial charge in [0.1, 0.15) is 11.5 Å². The summed E-state index contributed by atoms with van der Waals surface area (Å²) in [5, 5.41) is 1.87. The maximum Gasteiger partial charge on any atom is 0.257 e. The molecule has 0 bridgehead atoms. The van der Waals surface area contributed by atoms with E-state index < -0.39 is 0 Å². The molecule has 1 aliphatic heterocycles. The average molecular weight is 389 g/mol. The number of amides is 1. The molecule has 136 valence electrons. The van der Waals surface area contributed by atoms with Gasteiger partial charge in [-0.15, -0.1) is 11.3 Å². The van der Waals surface area contributed by atoms with Gasteiger partial charge in [-0.05, 0) is 51.8 Å². The second-order valence-electron chi connectivity index (χ2n) is 6.95. The molecule has 0 radical (unpaired) electrons. The summed E-state index contributed by atoms with van der Waals surface area (Å²) < 4.78 is 6.79. The highest BCUT2D eigenvalue weighted by Crippen LogP contribution is 2.35. The Morgan fingerprint density at radius 3 is 2.62 bits per heavy atom. The first kappa shape index (κ1) is 17.6. The first-order chi connectivity index (χ1) is 12.4. The van der Waals surface area contributed by atoms with Crippen molar-refractivity contribution >= 4 is 39.1 Å². The van der Waals surface area contributed by atoms with Crippen LogP contribution in [-0.4, -0.2) is 28.9 Å².